The fourth-order valence-corrected chi connectivity index (χ4v) is 3.50. The highest BCUT2D eigenvalue weighted by Gasteiger charge is 2.17. The van der Waals surface area contributed by atoms with Crippen LogP contribution in [0.4, 0.5) is 5.69 Å². The van der Waals surface area contributed by atoms with Gasteiger partial charge in [0.2, 0.25) is 5.01 Å². The third-order valence-corrected chi connectivity index (χ3v) is 5.03. The third-order valence-electron chi connectivity index (χ3n) is 4.04. The summed E-state index contributed by atoms with van der Waals surface area (Å²) in [6.45, 7) is 3.34. The summed E-state index contributed by atoms with van der Waals surface area (Å²) in [4.78, 5) is 24.4. The Morgan fingerprint density at radius 1 is 1.23 bits per heavy atom. The minimum absolute atomic E-state index is 0.113. The molecule has 1 saturated heterocycles. The van der Waals surface area contributed by atoms with Crippen LogP contribution in [0.2, 0.25) is 0 Å². The molecule has 0 spiro atoms. The molecule has 1 atom stereocenters. The monoisotopic (exact) mass is 374 g/mol. The Bertz CT molecular complexity index is 754. The van der Waals surface area contributed by atoms with Crippen LogP contribution in [-0.4, -0.2) is 41.3 Å². The molecule has 26 heavy (non-hydrogen) atoms. The van der Waals surface area contributed by atoms with Gasteiger partial charge in [-0.1, -0.05) is 18.3 Å². The Balaban J connectivity index is 1.52. The molecule has 1 aliphatic rings. The first-order valence-corrected chi connectivity index (χ1v) is 9.61. The summed E-state index contributed by atoms with van der Waals surface area (Å²) in [5.74, 6) is -0.438. The molecule has 0 saturated carbocycles. The van der Waals surface area contributed by atoms with Gasteiger partial charge >= 0.3 is 0 Å². The number of carbonyl (C=O) groups is 2. The number of nitrogens with zero attached hydrogens (tertiary/aromatic N) is 2. The molecule has 1 aliphatic heterocycles. The van der Waals surface area contributed by atoms with Crippen molar-refractivity contribution in [1.82, 2.24) is 15.5 Å². The molecule has 2 N–H and O–H groups in total. The number of benzene rings is 1. The molecule has 2 aromatic rings. The van der Waals surface area contributed by atoms with Gasteiger partial charge in [-0.3, -0.25) is 9.59 Å². The van der Waals surface area contributed by atoms with Gasteiger partial charge in [-0.2, -0.15) is 0 Å². The van der Waals surface area contributed by atoms with Gasteiger partial charge < -0.3 is 15.4 Å². The fraction of sp³-hybridized carbons (Fsp3) is 0.444. The van der Waals surface area contributed by atoms with Gasteiger partial charge in [-0.25, -0.2) is 0 Å². The number of ether oxygens (including phenoxy) is 1. The molecule has 2 amide bonds. The van der Waals surface area contributed by atoms with E-state index in [1.165, 1.54) is 11.3 Å². The first-order chi connectivity index (χ1) is 12.7. The molecular formula is C18H22N4O3S. The summed E-state index contributed by atoms with van der Waals surface area (Å²) in [7, 11) is 0. The normalized spacial score (nSPS) is 16.4. The van der Waals surface area contributed by atoms with E-state index < -0.39 is 0 Å². The Labute approximate surface area is 156 Å². The van der Waals surface area contributed by atoms with Gasteiger partial charge in [0.15, 0.2) is 0 Å². The second-order valence-corrected chi connectivity index (χ2v) is 7.19. The molecule has 1 fully saturated rings. The van der Waals surface area contributed by atoms with Gasteiger partial charge in [0, 0.05) is 30.8 Å². The fourth-order valence-electron chi connectivity index (χ4n) is 2.66. The Morgan fingerprint density at radius 2 is 2.04 bits per heavy atom. The van der Waals surface area contributed by atoms with Crippen LogP contribution in [0.5, 0.6) is 0 Å². The number of aryl methyl sites for hydroxylation is 1. The number of nitrogens with one attached hydrogen (secondary N) is 2. The van der Waals surface area contributed by atoms with Crippen LogP contribution >= 0.6 is 11.3 Å². The van der Waals surface area contributed by atoms with Crippen molar-refractivity contribution in [3.8, 4) is 0 Å². The molecule has 7 nitrogen and oxygen atoms in total. The molecule has 0 bridgehead atoms. The highest BCUT2D eigenvalue weighted by atomic mass is 32.1. The minimum Gasteiger partial charge on any atom is -0.376 e. The van der Waals surface area contributed by atoms with Crippen molar-refractivity contribution < 1.29 is 14.3 Å². The predicted octanol–water partition coefficient (Wildman–Crippen LogP) is 2.65. The molecule has 0 unspecified atom stereocenters. The van der Waals surface area contributed by atoms with Gasteiger partial charge in [0.1, 0.15) is 5.01 Å². The third kappa shape index (κ3) is 4.86. The molecular weight excluding hydrogens is 352 g/mol. The summed E-state index contributed by atoms with van der Waals surface area (Å²) < 4.78 is 5.49. The average Bonchev–Trinajstić information content (AvgIpc) is 3.32. The molecule has 2 heterocycles. The standard InChI is InChI=1S/C18H22N4O3S/c1-2-4-15-21-22-18(26-15)17(24)20-13-8-6-12(7-9-13)16(23)19-11-14-5-3-10-25-14/h6-9,14H,2-5,10-11H2,1H3,(H,19,23)(H,20,24)/t14-/m0/s1. The van der Waals surface area contributed by atoms with Crippen molar-refractivity contribution in [3.05, 3.63) is 39.8 Å². The van der Waals surface area contributed by atoms with Crippen LogP contribution in [0.25, 0.3) is 0 Å². The van der Waals surface area contributed by atoms with Crippen molar-refractivity contribution in [2.24, 2.45) is 0 Å². The van der Waals surface area contributed by atoms with E-state index in [0.717, 1.165) is 37.3 Å². The van der Waals surface area contributed by atoms with E-state index in [2.05, 4.69) is 27.8 Å². The molecule has 8 heteroatoms. The molecule has 0 radical (unpaired) electrons. The van der Waals surface area contributed by atoms with Crippen LogP contribution in [0.3, 0.4) is 0 Å². The van der Waals surface area contributed by atoms with Crippen LogP contribution in [0.15, 0.2) is 24.3 Å². The number of rotatable bonds is 7. The average molecular weight is 374 g/mol. The van der Waals surface area contributed by atoms with E-state index in [1.54, 1.807) is 24.3 Å². The van der Waals surface area contributed by atoms with Crippen molar-refractivity contribution in [2.75, 3.05) is 18.5 Å². The predicted molar refractivity (Wildman–Crippen MR) is 99.6 cm³/mol. The lowest BCUT2D eigenvalue weighted by molar-refractivity contribution is 0.0857. The molecule has 0 aliphatic carbocycles. The summed E-state index contributed by atoms with van der Waals surface area (Å²) >= 11 is 1.30. The van der Waals surface area contributed by atoms with Crippen molar-refractivity contribution in [3.63, 3.8) is 0 Å². The lowest BCUT2D eigenvalue weighted by atomic mass is 10.2. The van der Waals surface area contributed by atoms with Gasteiger partial charge in [-0.05, 0) is 43.5 Å². The zero-order chi connectivity index (χ0) is 18.4. The van der Waals surface area contributed by atoms with Crippen molar-refractivity contribution >= 4 is 28.8 Å². The highest BCUT2D eigenvalue weighted by Crippen LogP contribution is 2.16. The molecule has 138 valence electrons. The molecule has 1 aromatic carbocycles. The van der Waals surface area contributed by atoms with E-state index in [0.29, 0.717) is 22.8 Å². The largest absolute Gasteiger partial charge is 0.376 e. The number of amides is 2. The number of anilines is 1. The summed E-state index contributed by atoms with van der Waals surface area (Å²) in [5, 5.41) is 14.8. The smallest absolute Gasteiger partial charge is 0.286 e. The lowest BCUT2D eigenvalue weighted by Gasteiger charge is -2.11. The SMILES string of the molecule is CCCc1nnc(C(=O)Nc2ccc(C(=O)NC[C@@H]3CCCO3)cc2)s1. The summed E-state index contributed by atoms with van der Waals surface area (Å²) in [6, 6.07) is 6.77. The quantitative estimate of drug-likeness (QED) is 0.777. The maximum absolute atomic E-state index is 12.2. The highest BCUT2D eigenvalue weighted by molar-refractivity contribution is 7.13. The Morgan fingerprint density at radius 3 is 2.73 bits per heavy atom. The van der Waals surface area contributed by atoms with Crippen LogP contribution in [0, 0.1) is 0 Å². The summed E-state index contributed by atoms with van der Waals surface area (Å²) in [6.07, 6.45) is 3.93. The zero-order valence-corrected chi connectivity index (χ0v) is 15.5. The molecule has 3 rings (SSSR count). The van der Waals surface area contributed by atoms with E-state index >= 15 is 0 Å². The number of hydrogen-bond donors (Lipinski definition) is 2. The Kier molecular flexibility index (Phi) is 6.30. The maximum atomic E-state index is 12.2. The topological polar surface area (TPSA) is 93.2 Å². The van der Waals surface area contributed by atoms with E-state index in [9.17, 15) is 9.59 Å². The lowest BCUT2D eigenvalue weighted by Crippen LogP contribution is -2.31. The number of carbonyl (C=O) groups excluding carboxylic acids is 2. The van der Waals surface area contributed by atoms with Gasteiger partial charge in [0.05, 0.1) is 6.10 Å². The van der Waals surface area contributed by atoms with Crippen molar-refractivity contribution in [1.29, 1.82) is 0 Å². The first-order valence-electron chi connectivity index (χ1n) is 8.79. The zero-order valence-electron chi connectivity index (χ0n) is 14.7. The van der Waals surface area contributed by atoms with Crippen LogP contribution in [0.1, 0.15) is 51.4 Å². The van der Waals surface area contributed by atoms with Gasteiger partial charge in [0.25, 0.3) is 11.8 Å². The second-order valence-electron chi connectivity index (χ2n) is 6.13. The van der Waals surface area contributed by atoms with Crippen LogP contribution < -0.4 is 10.6 Å². The first kappa shape index (κ1) is 18.5. The second kappa shape index (κ2) is 8.86. The van der Waals surface area contributed by atoms with Gasteiger partial charge in [-0.15, -0.1) is 10.2 Å². The molecule has 1 aromatic heterocycles. The maximum Gasteiger partial charge on any atom is 0.286 e. The number of hydrogen-bond acceptors (Lipinski definition) is 6. The van der Waals surface area contributed by atoms with E-state index in [1.807, 2.05) is 0 Å². The van der Waals surface area contributed by atoms with Crippen molar-refractivity contribution in [2.45, 2.75) is 38.7 Å². The van der Waals surface area contributed by atoms with E-state index in [-0.39, 0.29) is 17.9 Å². The van der Waals surface area contributed by atoms with E-state index in [4.69, 9.17) is 4.74 Å². The minimum atomic E-state index is -0.291. The Hall–Kier alpha value is -2.32. The summed E-state index contributed by atoms with van der Waals surface area (Å²) in [5.41, 5.74) is 1.15. The number of aromatic nitrogens is 2. The van der Waals surface area contributed by atoms with Crippen LogP contribution in [-0.2, 0) is 11.2 Å².